The van der Waals surface area contributed by atoms with E-state index in [0.29, 0.717) is 0 Å². The van der Waals surface area contributed by atoms with Gasteiger partial charge in [-0.3, -0.25) is 0 Å². The lowest BCUT2D eigenvalue weighted by Crippen LogP contribution is -2.34. The summed E-state index contributed by atoms with van der Waals surface area (Å²) in [6, 6.07) is 1.55. The molecule has 2 amide bonds. The zero-order chi connectivity index (χ0) is 8.81. The molecule has 0 aromatic carbocycles. The van der Waals surface area contributed by atoms with Crippen molar-refractivity contribution in [2.24, 2.45) is 4.99 Å². The maximum atomic E-state index is 10.9. The number of nitrogens with one attached hydrogen (secondary N) is 2. The Morgan fingerprint density at radius 1 is 1.42 bits per heavy atom. The Hall–Kier alpha value is -1.15. The van der Waals surface area contributed by atoms with Crippen molar-refractivity contribution in [1.82, 2.24) is 5.32 Å². The summed E-state index contributed by atoms with van der Waals surface area (Å²) in [4.78, 5) is 14.0. The number of hydrogen-bond acceptors (Lipinski definition) is 2. The molecule has 1 rings (SSSR count). The van der Waals surface area contributed by atoms with Gasteiger partial charge in [0.2, 0.25) is 0 Å². The first-order chi connectivity index (χ1) is 5.83. The number of amides is 2. The van der Waals surface area contributed by atoms with Crippen molar-refractivity contribution in [3.63, 3.8) is 0 Å². The predicted molar refractivity (Wildman–Crippen MR) is 45.6 cm³/mol. The van der Waals surface area contributed by atoms with E-state index in [1.807, 2.05) is 0 Å². The van der Waals surface area contributed by atoms with Gasteiger partial charge in [0.25, 0.3) is 0 Å². The molecule has 1 aliphatic rings. The van der Waals surface area contributed by atoms with Crippen LogP contribution in [0.15, 0.2) is 4.99 Å². The van der Waals surface area contributed by atoms with Crippen molar-refractivity contribution in [2.45, 2.75) is 38.1 Å². The molecule has 0 heterocycles. The van der Waals surface area contributed by atoms with Gasteiger partial charge in [0.15, 0.2) is 0 Å². The van der Waals surface area contributed by atoms with Crippen LogP contribution in [0.2, 0.25) is 0 Å². The molecule has 4 nitrogen and oxygen atoms in total. The van der Waals surface area contributed by atoms with Gasteiger partial charge in [-0.05, 0) is 12.8 Å². The minimum absolute atomic E-state index is 0.267. The quantitative estimate of drug-likeness (QED) is 0.574. The smallest absolute Gasteiger partial charge is 0.333 e. The molecule has 2 N–H and O–H groups in total. The third kappa shape index (κ3) is 2.84. The Morgan fingerprint density at radius 2 is 2.08 bits per heavy atom. The number of hydrogen-bond donors (Lipinski definition) is 2. The van der Waals surface area contributed by atoms with E-state index in [1.54, 1.807) is 6.01 Å². The van der Waals surface area contributed by atoms with E-state index in [9.17, 15) is 4.79 Å². The fourth-order valence-corrected chi connectivity index (χ4v) is 1.50. The largest absolute Gasteiger partial charge is 0.350 e. The molecule has 0 bridgehead atoms. The van der Waals surface area contributed by atoms with Gasteiger partial charge in [-0.2, -0.15) is 0 Å². The molecule has 0 aliphatic heterocycles. The molecule has 0 atom stereocenters. The molecular weight excluding hydrogens is 154 g/mol. The van der Waals surface area contributed by atoms with Crippen molar-refractivity contribution >= 4 is 12.0 Å². The molecule has 0 aromatic heterocycles. The highest BCUT2D eigenvalue weighted by Crippen LogP contribution is 2.17. The van der Waals surface area contributed by atoms with Crippen LogP contribution in [0.25, 0.3) is 0 Å². The number of nitrogens with zero attached hydrogens (tertiary/aromatic N) is 1. The van der Waals surface area contributed by atoms with Crippen LogP contribution in [0.4, 0.5) is 4.79 Å². The predicted octanol–water partition coefficient (Wildman–Crippen LogP) is 1.78. The number of carbonyl (C=O) groups is 1. The van der Waals surface area contributed by atoms with Gasteiger partial charge in [-0.15, -0.1) is 4.99 Å². The van der Waals surface area contributed by atoms with Crippen LogP contribution in [-0.2, 0) is 0 Å². The van der Waals surface area contributed by atoms with Crippen LogP contribution in [0.1, 0.15) is 32.1 Å². The van der Waals surface area contributed by atoms with Crippen molar-refractivity contribution in [1.29, 1.82) is 5.41 Å². The van der Waals surface area contributed by atoms with Crippen LogP contribution in [-0.4, -0.2) is 18.1 Å². The summed E-state index contributed by atoms with van der Waals surface area (Å²) >= 11 is 0. The van der Waals surface area contributed by atoms with E-state index in [2.05, 4.69) is 10.3 Å². The molecule has 1 aliphatic carbocycles. The lowest BCUT2D eigenvalue weighted by Gasteiger charge is -2.21. The summed E-state index contributed by atoms with van der Waals surface area (Å²) in [6.45, 7) is 0. The van der Waals surface area contributed by atoms with Gasteiger partial charge in [0.1, 0.15) is 0 Å². The Balaban J connectivity index is 2.29. The normalized spacial score (nSPS) is 18.0. The lowest BCUT2D eigenvalue weighted by molar-refractivity contribution is 0.241. The highest BCUT2D eigenvalue weighted by Gasteiger charge is 2.14. The number of urea groups is 1. The molecule has 12 heavy (non-hydrogen) atoms. The molecule has 0 radical (unpaired) electrons. The van der Waals surface area contributed by atoms with E-state index in [-0.39, 0.29) is 6.04 Å². The summed E-state index contributed by atoms with van der Waals surface area (Å²) in [5.41, 5.74) is 0. The first kappa shape index (κ1) is 8.94. The lowest BCUT2D eigenvalue weighted by atomic mass is 9.96. The Kier molecular flexibility index (Phi) is 3.48. The zero-order valence-corrected chi connectivity index (χ0v) is 6.97. The number of rotatable bonds is 1. The molecule has 1 fully saturated rings. The Labute approximate surface area is 71.6 Å². The average molecular weight is 167 g/mol. The standard InChI is InChI=1S/C8H13N3O/c9-6-10-8(12)11-7-4-2-1-3-5-7/h7,9H,1-5H2,(H,11,12). The first-order valence-corrected chi connectivity index (χ1v) is 4.26. The van der Waals surface area contributed by atoms with Gasteiger partial charge < -0.3 is 5.32 Å². The number of aliphatic imine (C=N–C) groups is 1. The van der Waals surface area contributed by atoms with Crippen LogP contribution in [0.3, 0.4) is 0 Å². The second-order valence-corrected chi connectivity index (χ2v) is 3.01. The molecule has 1 saturated carbocycles. The minimum atomic E-state index is -0.433. The first-order valence-electron chi connectivity index (χ1n) is 4.26. The zero-order valence-electron chi connectivity index (χ0n) is 6.97. The summed E-state index contributed by atoms with van der Waals surface area (Å²) < 4.78 is 0. The van der Waals surface area contributed by atoms with E-state index < -0.39 is 6.03 Å². The summed E-state index contributed by atoms with van der Waals surface area (Å²) in [7, 11) is 0. The van der Waals surface area contributed by atoms with Gasteiger partial charge in [-0.25, -0.2) is 10.2 Å². The minimum Gasteiger partial charge on any atom is -0.333 e. The second-order valence-electron chi connectivity index (χ2n) is 3.01. The third-order valence-electron chi connectivity index (χ3n) is 2.09. The van der Waals surface area contributed by atoms with Crippen molar-refractivity contribution in [3.05, 3.63) is 0 Å². The number of carbonyl (C=O) groups excluding carboxylic acids is 1. The van der Waals surface area contributed by atoms with Crippen LogP contribution in [0.5, 0.6) is 0 Å². The molecule has 0 unspecified atom stereocenters. The fraction of sp³-hybridized carbons (Fsp3) is 0.750. The second kappa shape index (κ2) is 4.67. The van der Waals surface area contributed by atoms with Crippen LogP contribution >= 0.6 is 0 Å². The molecule has 4 heteroatoms. The molecular formula is C8H13N3O. The summed E-state index contributed by atoms with van der Waals surface area (Å²) in [5, 5.41) is 9.20. The van der Waals surface area contributed by atoms with Crippen molar-refractivity contribution in [2.75, 3.05) is 0 Å². The van der Waals surface area contributed by atoms with Crippen LogP contribution in [0, 0.1) is 5.41 Å². The highest BCUT2D eigenvalue weighted by molar-refractivity contribution is 5.80. The SMILES string of the molecule is N=C=NC(=O)NC1CCCCC1. The van der Waals surface area contributed by atoms with Crippen molar-refractivity contribution < 1.29 is 4.79 Å². The molecule has 0 aromatic rings. The van der Waals surface area contributed by atoms with Crippen LogP contribution < -0.4 is 5.32 Å². The summed E-state index contributed by atoms with van der Waals surface area (Å²) in [5.74, 6) is 0. The Bertz CT molecular complexity index is 202. The fourth-order valence-electron chi connectivity index (χ4n) is 1.50. The topological polar surface area (TPSA) is 65.3 Å². The van der Waals surface area contributed by atoms with E-state index >= 15 is 0 Å². The Morgan fingerprint density at radius 3 is 2.67 bits per heavy atom. The maximum Gasteiger partial charge on any atom is 0.350 e. The van der Waals surface area contributed by atoms with Gasteiger partial charge in [0, 0.05) is 6.04 Å². The molecule has 0 spiro atoms. The highest BCUT2D eigenvalue weighted by atomic mass is 16.2. The molecule has 66 valence electrons. The van der Waals surface area contributed by atoms with Gasteiger partial charge in [0.05, 0.1) is 6.01 Å². The average Bonchev–Trinajstić information content (AvgIpc) is 2.06. The maximum absolute atomic E-state index is 10.9. The monoisotopic (exact) mass is 167 g/mol. The molecule has 0 saturated heterocycles. The van der Waals surface area contributed by atoms with E-state index in [1.165, 1.54) is 19.3 Å². The van der Waals surface area contributed by atoms with E-state index in [4.69, 9.17) is 5.41 Å². The third-order valence-corrected chi connectivity index (χ3v) is 2.09. The van der Waals surface area contributed by atoms with E-state index in [0.717, 1.165) is 12.8 Å². The van der Waals surface area contributed by atoms with Crippen molar-refractivity contribution in [3.8, 4) is 0 Å². The van der Waals surface area contributed by atoms with Gasteiger partial charge >= 0.3 is 6.03 Å². The summed E-state index contributed by atoms with van der Waals surface area (Å²) in [6.07, 6.45) is 5.71. The van der Waals surface area contributed by atoms with Gasteiger partial charge in [-0.1, -0.05) is 19.3 Å².